The van der Waals surface area contributed by atoms with Crippen LogP contribution in [0.3, 0.4) is 0 Å². The van der Waals surface area contributed by atoms with Crippen LogP contribution in [0.15, 0.2) is 18.2 Å². The van der Waals surface area contributed by atoms with Crippen molar-refractivity contribution in [3.05, 3.63) is 24.0 Å². The van der Waals surface area contributed by atoms with Crippen LogP contribution in [0.1, 0.15) is 20.3 Å². The number of hydrogen-bond donors (Lipinski definition) is 2. The number of ether oxygens (including phenoxy) is 1. The smallest absolute Gasteiger partial charge is 0.410 e. The van der Waals surface area contributed by atoms with Gasteiger partial charge in [0, 0.05) is 43.0 Å². The number of nitrogens with zero attached hydrogens (tertiary/aromatic N) is 2. The van der Waals surface area contributed by atoms with Gasteiger partial charge in [0.1, 0.15) is 17.1 Å². The molecule has 3 heterocycles. The molecule has 0 radical (unpaired) electrons. The SMILES string of the molecule is CC(C)(NC(=O)CN1C2CC1CN(CC(=O)Nc1cc(F)cc(OC(F)F)c1)C2)C(F)(F)F. The van der Waals surface area contributed by atoms with Crippen LogP contribution < -0.4 is 15.4 Å². The minimum Gasteiger partial charge on any atom is -0.435 e. The number of amides is 2. The van der Waals surface area contributed by atoms with E-state index in [1.165, 1.54) is 0 Å². The van der Waals surface area contributed by atoms with Crippen molar-refractivity contribution in [1.82, 2.24) is 15.1 Å². The summed E-state index contributed by atoms with van der Waals surface area (Å²) >= 11 is 0. The Morgan fingerprint density at radius 3 is 2.30 bits per heavy atom. The van der Waals surface area contributed by atoms with Crippen LogP contribution in [0.25, 0.3) is 0 Å². The van der Waals surface area contributed by atoms with Gasteiger partial charge in [-0.05, 0) is 26.3 Å². The van der Waals surface area contributed by atoms with E-state index < -0.39 is 41.7 Å². The van der Waals surface area contributed by atoms with Crippen molar-refractivity contribution in [2.45, 2.75) is 50.7 Å². The third kappa shape index (κ3) is 6.28. The lowest BCUT2D eigenvalue weighted by molar-refractivity contribution is -0.189. The van der Waals surface area contributed by atoms with Gasteiger partial charge in [0.2, 0.25) is 11.8 Å². The van der Waals surface area contributed by atoms with E-state index >= 15 is 0 Å². The van der Waals surface area contributed by atoms with Crippen molar-refractivity contribution in [1.29, 1.82) is 0 Å². The van der Waals surface area contributed by atoms with Crippen molar-refractivity contribution < 1.29 is 40.7 Å². The molecule has 3 aliphatic rings. The second-order valence-corrected chi connectivity index (χ2v) is 8.68. The maximum Gasteiger partial charge on any atom is 0.410 e. The molecule has 4 rings (SSSR count). The number of anilines is 1. The van der Waals surface area contributed by atoms with E-state index in [0.29, 0.717) is 13.1 Å². The van der Waals surface area contributed by atoms with Crippen molar-refractivity contribution in [2.24, 2.45) is 0 Å². The molecule has 184 valence electrons. The van der Waals surface area contributed by atoms with E-state index in [4.69, 9.17) is 0 Å². The average Bonchev–Trinajstić information content (AvgIpc) is 2.63. The molecule has 1 aromatic rings. The Morgan fingerprint density at radius 2 is 1.73 bits per heavy atom. The summed E-state index contributed by atoms with van der Waals surface area (Å²) < 4.78 is 81.2. The summed E-state index contributed by atoms with van der Waals surface area (Å²) in [7, 11) is 0. The summed E-state index contributed by atoms with van der Waals surface area (Å²) in [6.07, 6.45) is -3.82. The van der Waals surface area contributed by atoms with Gasteiger partial charge in [-0.15, -0.1) is 0 Å². The molecule has 3 saturated heterocycles. The Labute approximate surface area is 186 Å². The maximum atomic E-state index is 13.6. The highest BCUT2D eigenvalue weighted by molar-refractivity contribution is 5.92. The fourth-order valence-electron chi connectivity index (χ4n) is 4.00. The molecule has 33 heavy (non-hydrogen) atoms. The summed E-state index contributed by atoms with van der Waals surface area (Å²) in [5.41, 5.74) is -2.38. The van der Waals surface area contributed by atoms with Gasteiger partial charge in [-0.25, -0.2) is 4.39 Å². The summed E-state index contributed by atoms with van der Waals surface area (Å²) in [4.78, 5) is 28.0. The van der Waals surface area contributed by atoms with Gasteiger partial charge in [0.05, 0.1) is 13.1 Å². The van der Waals surface area contributed by atoms with Crippen LogP contribution in [0.5, 0.6) is 5.75 Å². The van der Waals surface area contributed by atoms with Crippen molar-refractivity contribution in [3.63, 3.8) is 0 Å². The molecule has 0 aliphatic carbocycles. The number of carbonyl (C=O) groups is 2. The van der Waals surface area contributed by atoms with Crippen LogP contribution in [0.2, 0.25) is 0 Å². The molecular formula is C20H24F6N4O3. The van der Waals surface area contributed by atoms with Crippen molar-refractivity contribution in [3.8, 4) is 5.75 Å². The Kier molecular flexibility index (Phi) is 7.13. The van der Waals surface area contributed by atoms with Gasteiger partial charge in [-0.3, -0.25) is 19.4 Å². The molecule has 3 aliphatic heterocycles. The number of piperidine rings is 1. The molecule has 13 heteroatoms. The number of nitrogens with one attached hydrogen (secondary N) is 2. The van der Waals surface area contributed by atoms with Crippen molar-refractivity contribution >= 4 is 17.5 Å². The summed E-state index contributed by atoms with van der Waals surface area (Å²) in [5.74, 6) is -2.51. The van der Waals surface area contributed by atoms with Gasteiger partial charge < -0.3 is 15.4 Å². The first-order valence-electron chi connectivity index (χ1n) is 10.1. The number of rotatable bonds is 8. The van der Waals surface area contributed by atoms with Gasteiger partial charge in [0.25, 0.3) is 0 Å². The third-order valence-corrected chi connectivity index (χ3v) is 5.65. The van der Waals surface area contributed by atoms with Crippen LogP contribution >= 0.6 is 0 Å². The number of alkyl halides is 5. The second kappa shape index (κ2) is 9.37. The van der Waals surface area contributed by atoms with Gasteiger partial charge in [-0.1, -0.05) is 0 Å². The predicted octanol–water partition coefficient (Wildman–Crippen LogP) is 2.58. The first kappa shape index (κ1) is 25.1. The molecule has 0 aromatic heterocycles. The van der Waals surface area contributed by atoms with E-state index in [1.807, 2.05) is 5.32 Å². The zero-order valence-corrected chi connectivity index (χ0v) is 17.9. The molecule has 7 nitrogen and oxygen atoms in total. The van der Waals surface area contributed by atoms with Crippen LogP contribution in [0, 0.1) is 5.82 Å². The zero-order valence-electron chi connectivity index (χ0n) is 17.9. The number of hydrogen-bond acceptors (Lipinski definition) is 5. The highest BCUT2D eigenvalue weighted by atomic mass is 19.4. The Morgan fingerprint density at radius 1 is 1.09 bits per heavy atom. The molecule has 1 aromatic carbocycles. The maximum absolute atomic E-state index is 13.6. The van der Waals surface area contributed by atoms with Gasteiger partial charge >= 0.3 is 12.8 Å². The molecule has 0 saturated carbocycles. The molecule has 0 spiro atoms. The molecule has 2 N–H and O–H groups in total. The number of piperazine rings is 1. The molecule has 3 fully saturated rings. The molecule has 2 atom stereocenters. The van der Waals surface area contributed by atoms with Crippen molar-refractivity contribution in [2.75, 3.05) is 31.5 Å². The summed E-state index contributed by atoms with van der Waals surface area (Å²) in [5, 5.41) is 4.43. The molecular weight excluding hydrogens is 458 g/mol. The first-order chi connectivity index (χ1) is 15.2. The van der Waals surface area contributed by atoms with E-state index in [0.717, 1.165) is 38.5 Å². The largest absolute Gasteiger partial charge is 0.435 e. The van der Waals surface area contributed by atoms with Crippen LogP contribution in [0.4, 0.5) is 32.0 Å². The predicted molar refractivity (Wildman–Crippen MR) is 105 cm³/mol. The topological polar surface area (TPSA) is 73.9 Å². The monoisotopic (exact) mass is 482 g/mol. The zero-order chi connectivity index (χ0) is 24.6. The highest BCUT2D eigenvalue weighted by Gasteiger charge is 2.50. The fourth-order valence-corrected chi connectivity index (χ4v) is 4.00. The molecule has 2 amide bonds. The number of carbonyl (C=O) groups excluding carboxylic acids is 2. The van der Waals surface area contributed by atoms with Crippen LogP contribution in [-0.4, -0.2) is 78.2 Å². The number of benzene rings is 1. The number of fused-ring (bicyclic) bond motifs is 2. The summed E-state index contributed by atoms with van der Waals surface area (Å²) in [6, 6.07) is 2.63. The van der Waals surface area contributed by atoms with E-state index in [2.05, 4.69) is 10.1 Å². The average molecular weight is 482 g/mol. The minimum absolute atomic E-state index is 0.0385. The lowest BCUT2D eigenvalue weighted by atomic mass is 9.87. The Bertz CT molecular complexity index is 883. The minimum atomic E-state index is -4.58. The summed E-state index contributed by atoms with van der Waals surface area (Å²) in [6.45, 7) is -0.751. The number of halogens is 6. The second-order valence-electron chi connectivity index (χ2n) is 8.68. The molecule has 2 unspecified atom stereocenters. The fraction of sp³-hybridized carbons (Fsp3) is 0.600. The van der Waals surface area contributed by atoms with Crippen LogP contribution in [-0.2, 0) is 9.59 Å². The van der Waals surface area contributed by atoms with E-state index in [-0.39, 0.29) is 30.9 Å². The lowest BCUT2D eigenvalue weighted by Gasteiger charge is -2.56. The van der Waals surface area contributed by atoms with Gasteiger partial charge in [0.15, 0.2) is 0 Å². The molecule has 2 bridgehead atoms. The third-order valence-electron chi connectivity index (χ3n) is 5.65. The lowest BCUT2D eigenvalue weighted by Crippen LogP contribution is -2.70. The Balaban J connectivity index is 1.48. The van der Waals surface area contributed by atoms with E-state index in [9.17, 15) is 35.9 Å². The standard InChI is InChI=1S/C20H24F6N4O3/c1-19(2,20(24,25)26)28-17(32)10-30-13-6-14(30)8-29(7-13)9-16(31)27-12-3-11(21)4-15(5-12)33-18(22)23/h3-5,13-14,18H,6-10H2,1-2H3,(H,27,31)(H,28,32). The van der Waals surface area contributed by atoms with Gasteiger partial charge in [-0.2, -0.15) is 22.0 Å². The quantitative estimate of drug-likeness (QED) is 0.558. The first-order valence-corrected chi connectivity index (χ1v) is 10.1. The normalized spacial score (nSPS) is 21.5. The van der Waals surface area contributed by atoms with E-state index in [1.54, 1.807) is 9.80 Å². The Hall–Kier alpha value is -2.54. The highest BCUT2D eigenvalue weighted by Crippen LogP contribution is 2.33.